The molecular weight excluding hydrogens is 370 g/mol. The maximum Gasteiger partial charge on any atom is 0.239 e. The zero-order valence-corrected chi connectivity index (χ0v) is 17.0. The summed E-state index contributed by atoms with van der Waals surface area (Å²) in [6, 6.07) is 16.1. The SMILES string of the molecule is CCCCc1ccc(CC2S/C(=N/N=C/c3ccccc3OC)NC2=O)cc1. The van der Waals surface area contributed by atoms with Crippen molar-refractivity contribution in [3.8, 4) is 5.75 Å². The van der Waals surface area contributed by atoms with Crippen molar-refractivity contribution in [1.29, 1.82) is 0 Å². The summed E-state index contributed by atoms with van der Waals surface area (Å²) >= 11 is 1.42. The summed E-state index contributed by atoms with van der Waals surface area (Å²) in [6.45, 7) is 2.20. The van der Waals surface area contributed by atoms with Gasteiger partial charge in [-0.15, -0.1) is 5.10 Å². The summed E-state index contributed by atoms with van der Waals surface area (Å²) in [5.74, 6) is 0.709. The predicted molar refractivity (Wildman–Crippen MR) is 116 cm³/mol. The maximum absolute atomic E-state index is 12.2. The van der Waals surface area contributed by atoms with E-state index in [2.05, 4.69) is 46.7 Å². The molecule has 2 aromatic carbocycles. The molecule has 1 aliphatic heterocycles. The fraction of sp³-hybridized carbons (Fsp3) is 0.318. The molecule has 1 N–H and O–H groups in total. The third-order valence-corrected chi connectivity index (χ3v) is 5.60. The molecule has 0 bridgehead atoms. The van der Waals surface area contributed by atoms with Crippen molar-refractivity contribution in [1.82, 2.24) is 5.32 Å². The minimum absolute atomic E-state index is 0.0219. The van der Waals surface area contributed by atoms with Gasteiger partial charge in [-0.05, 0) is 42.5 Å². The first-order valence-corrected chi connectivity index (χ1v) is 10.4. The van der Waals surface area contributed by atoms with E-state index in [9.17, 15) is 4.79 Å². The molecule has 1 saturated heterocycles. The van der Waals surface area contributed by atoms with Crippen LogP contribution in [0.3, 0.4) is 0 Å². The highest BCUT2D eigenvalue weighted by Gasteiger charge is 2.30. The van der Waals surface area contributed by atoms with Gasteiger partial charge in [-0.1, -0.05) is 61.5 Å². The fourth-order valence-corrected chi connectivity index (χ4v) is 3.91. The molecule has 2 aromatic rings. The van der Waals surface area contributed by atoms with Crippen LogP contribution in [0.15, 0.2) is 58.7 Å². The molecule has 5 nitrogen and oxygen atoms in total. The number of carbonyl (C=O) groups excluding carboxylic acids is 1. The Morgan fingerprint density at radius 2 is 1.89 bits per heavy atom. The van der Waals surface area contributed by atoms with Crippen molar-refractivity contribution in [3.63, 3.8) is 0 Å². The monoisotopic (exact) mass is 395 g/mol. The van der Waals surface area contributed by atoms with E-state index in [0.717, 1.165) is 23.3 Å². The molecule has 1 aliphatic rings. The van der Waals surface area contributed by atoms with Crippen molar-refractivity contribution < 1.29 is 9.53 Å². The Labute approximate surface area is 170 Å². The number of thioether (sulfide) groups is 1. The molecule has 0 radical (unpaired) electrons. The molecular formula is C22H25N3O2S. The molecule has 1 unspecified atom stereocenters. The normalized spacial score (nSPS) is 18.0. The topological polar surface area (TPSA) is 63.1 Å². The number of methoxy groups -OCH3 is 1. The van der Waals surface area contributed by atoms with Crippen molar-refractivity contribution in [2.75, 3.05) is 7.11 Å². The largest absolute Gasteiger partial charge is 0.496 e. The summed E-state index contributed by atoms with van der Waals surface area (Å²) in [6.07, 6.45) is 5.81. The van der Waals surface area contributed by atoms with Crippen LogP contribution in [0.1, 0.15) is 36.5 Å². The van der Waals surface area contributed by atoms with E-state index < -0.39 is 0 Å². The highest BCUT2D eigenvalue weighted by atomic mass is 32.2. The van der Waals surface area contributed by atoms with Gasteiger partial charge in [0.2, 0.25) is 5.91 Å². The van der Waals surface area contributed by atoms with Crippen LogP contribution in [0.5, 0.6) is 5.75 Å². The van der Waals surface area contributed by atoms with E-state index in [1.165, 1.54) is 30.2 Å². The highest BCUT2D eigenvalue weighted by Crippen LogP contribution is 2.24. The number of nitrogens with zero attached hydrogens (tertiary/aromatic N) is 2. The molecule has 3 rings (SSSR count). The van der Waals surface area contributed by atoms with E-state index in [4.69, 9.17) is 4.74 Å². The van der Waals surface area contributed by atoms with Crippen LogP contribution in [-0.2, 0) is 17.6 Å². The highest BCUT2D eigenvalue weighted by molar-refractivity contribution is 8.15. The molecule has 0 saturated carbocycles. The minimum atomic E-state index is -0.179. The number of ether oxygens (including phenoxy) is 1. The number of hydrogen-bond acceptors (Lipinski definition) is 5. The summed E-state index contributed by atoms with van der Waals surface area (Å²) in [5, 5.41) is 11.4. The van der Waals surface area contributed by atoms with Crippen molar-refractivity contribution in [2.45, 2.75) is 37.9 Å². The number of amides is 1. The number of benzene rings is 2. The van der Waals surface area contributed by atoms with E-state index in [-0.39, 0.29) is 11.2 Å². The Morgan fingerprint density at radius 1 is 1.14 bits per heavy atom. The average Bonchev–Trinajstić information content (AvgIpc) is 3.07. The van der Waals surface area contributed by atoms with Crippen molar-refractivity contribution >= 4 is 29.1 Å². The summed E-state index contributed by atoms with van der Waals surface area (Å²) in [7, 11) is 1.62. The lowest BCUT2D eigenvalue weighted by Crippen LogP contribution is -2.25. The first-order valence-electron chi connectivity index (χ1n) is 9.49. The van der Waals surface area contributed by atoms with Gasteiger partial charge in [0, 0.05) is 5.56 Å². The van der Waals surface area contributed by atoms with Gasteiger partial charge in [0.15, 0.2) is 5.17 Å². The third kappa shape index (κ3) is 5.45. The molecule has 1 fully saturated rings. The van der Waals surface area contributed by atoms with Crippen LogP contribution in [0.25, 0.3) is 0 Å². The van der Waals surface area contributed by atoms with Crippen LogP contribution in [0.2, 0.25) is 0 Å². The number of hydrogen-bond donors (Lipinski definition) is 1. The second-order valence-electron chi connectivity index (χ2n) is 6.61. The molecule has 0 aliphatic carbocycles. The lowest BCUT2D eigenvalue weighted by atomic mass is 10.0. The predicted octanol–water partition coefficient (Wildman–Crippen LogP) is 4.20. The van der Waals surface area contributed by atoms with Gasteiger partial charge in [0.05, 0.1) is 18.6 Å². The molecule has 6 heteroatoms. The van der Waals surface area contributed by atoms with Crippen molar-refractivity contribution in [2.24, 2.45) is 10.2 Å². The van der Waals surface area contributed by atoms with Gasteiger partial charge >= 0.3 is 0 Å². The number of carbonyl (C=O) groups is 1. The second-order valence-corrected chi connectivity index (χ2v) is 7.80. The van der Waals surface area contributed by atoms with Crippen LogP contribution in [0.4, 0.5) is 0 Å². The van der Waals surface area contributed by atoms with Crippen molar-refractivity contribution in [3.05, 3.63) is 65.2 Å². The Kier molecular flexibility index (Phi) is 7.25. The molecule has 1 amide bonds. The average molecular weight is 396 g/mol. The lowest BCUT2D eigenvalue weighted by Gasteiger charge is -2.06. The summed E-state index contributed by atoms with van der Waals surface area (Å²) in [4.78, 5) is 12.2. The Morgan fingerprint density at radius 3 is 2.64 bits per heavy atom. The van der Waals surface area contributed by atoms with Gasteiger partial charge in [0.25, 0.3) is 0 Å². The number of para-hydroxylation sites is 1. The number of unbranched alkanes of at least 4 members (excludes halogenated alkanes) is 1. The Hall–Kier alpha value is -2.60. The van der Waals surface area contributed by atoms with E-state index >= 15 is 0 Å². The smallest absolute Gasteiger partial charge is 0.239 e. The maximum atomic E-state index is 12.2. The first kappa shape index (κ1) is 20.1. The van der Waals surface area contributed by atoms with Crippen LogP contribution < -0.4 is 10.1 Å². The van der Waals surface area contributed by atoms with Gasteiger partial charge < -0.3 is 10.1 Å². The zero-order valence-electron chi connectivity index (χ0n) is 16.2. The molecule has 0 spiro atoms. The number of aryl methyl sites for hydroxylation is 1. The van der Waals surface area contributed by atoms with E-state index in [1.54, 1.807) is 13.3 Å². The number of nitrogens with one attached hydrogen (secondary N) is 1. The van der Waals surface area contributed by atoms with Crippen LogP contribution in [0, 0.1) is 0 Å². The Balaban J connectivity index is 1.58. The quantitative estimate of drug-likeness (QED) is 0.538. The van der Waals surface area contributed by atoms with Gasteiger partial charge in [-0.2, -0.15) is 5.10 Å². The first-order chi connectivity index (χ1) is 13.7. The Bertz CT molecular complexity index is 862. The minimum Gasteiger partial charge on any atom is -0.496 e. The second kappa shape index (κ2) is 10.1. The van der Waals surface area contributed by atoms with Crippen LogP contribution in [-0.4, -0.2) is 29.6 Å². The fourth-order valence-electron chi connectivity index (χ4n) is 2.94. The zero-order chi connectivity index (χ0) is 19.8. The lowest BCUT2D eigenvalue weighted by molar-refractivity contribution is -0.118. The van der Waals surface area contributed by atoms with Crippen LogP contribution >= 0.6 is 11.8 Å². The molecule has 146 valence electrons. The third-order valence-electron chi connectivity index (χ3n) is 4.52. The number of amidine groups is 1. The summed E-state index contributed by atoms with van der Waals surface area (Å²) < 4.78 is 5.28. The molecule has 0 aromatic heterocycles. The van der Waals surface area contributed by atoms with Gasteiger partial charge in [-0.3, -0.25) is 4.79 Å². The van der Waals surface area contributed by atoms with Gasteiger partial charge in [-0.25, -0.2) is 0 Å². The van der Waals surface area contributed by atoms with Gasteiger partial charge in [0.1, 0.15) is 5.75 Å². The van der Waals surface area contributed by atoms with E-state index in [1.807, 2.05) is 24.3 Å². The molecule has 1 heterocycles. The standard InChI is InChI=1S/C22H25N3O2S/c1-3-4-7-16-10-12-17(13-11-16)14-20-21(26)24-22(28-20)25-23-15-18-8-5-6-9-19(18)27-2/h5-6,8-13,15,20H,3-4,7,14H2,1-2H3,(H,24,25,26)/b23-15+. The summed E-state index contributed by atoms with van der Waals surface area (Å²) in [5.41, 5.74) is 3.34. The molecule has 28 heavy (non-hydrogen) atoms. The molecule has 1 atom stereocenters. The number of rotatable bonds is 8. The van der Waals surface area contributed by atoms with E-state index in [0.29, 0.717) is 11.6 Å².